The molecular formula is C8H10S. The topological polar surface area (TPSA) is 0 Å². The van der Waals surface area contributed by atoms with Crippen LogP contribution in [-0.2, 0) is 0 Å². The zero-order valence-electron chi connectivity index (χ0n) is 5.50. The van der Waals surface area contributed by atoms with Gasteiger partial charge < -0.3 is 0 Å². The Labute approximate surface area is 61.3 Å². The molecule has 0 aromatic heterocycles. The fraction of sp³-hybridized carbons (Fsp3) is 0.375. The lowest BCUT2D eigenvalue weighted by molar-refractivity contribution is 0.827. The highest BCUT2D eigenvalue weighted by Crippen LogP contribution is 2.12. The molecule has 0 amide bonds. The molecule has 0 saturated carbocycles. The number of allylic oxidation sites excluding steroid dienone is 4. The lowest BCUT2D eigenvalue weighted by Crippen LogP contribution is -2.07. The van der Waals surface area contributed by atoms with E-state index in [4.69, 9.17) is 12.2 Å². The van der Waals surface area contributed by atoms with Crippen LogP contribution in [0.5, 0.6) is 0 Å². The summed E-state index contributed by atoms with van der Waals surface area (Å²) in [4.78, 5) is 1.07. The van der Waals surface area contributed by atoms with Crippen molar-refractivity contribution < 1.29 is 0 Å². The molecule has 9 heavy (non-hydrogen) atoms. The standard InChI is InChI=1S/C8H10S/c1-2-7-5-3-4-6-8(7)9/h3-7H,2H2,1H3. The van der Waals surface area contributed by atoms with Gasteiger partial charge in [-0.1, -0.05) is 37.4 Å². The third kappa shape index (κ3) is 1.49. The minimum atomic E-state index is 0.519. The van der Waals surface area contributed by atoms with E-state index in [2.05, 4.69) is 19.1 Å². The van der Waals surface area contributed by atoms with E-state index >= 15 is 0 Å². The van der Waals surface area contributed by atoms with Crippen LogP contribution in [-0.4, -0.2) is 4.86 Å². The molecule has 1 aliphatic carbocycles. The van der Waals surface area contributed by atoms with Crippen molar-refractivity contribution in [3.8, 4) is 0 Å². The van der Waals surface area contributed by atoms with Gasteiger partial charge in [0.05, 0.1) is 0 Å². The first kappa shape index (κ1) is 6.69. The molecule has 0 fully saturated rings. The van der Waals surface area contributed by atoms with Gasteiger partial charge in [0.15, 0.2) is 0 Å². The van der Waals surface area contributed by atoms with Crippen molar-refractivity contribution in [1.82, 2.24) is 0 Å². The summed E-state index contributed by atoms with van der Waals surface area (Å²) < 4.78 is 0. The maximum absolute atomic E-state index is 5.09. The Morgan fingerprint density at radius 1 is 1.56 bits per heavy atom. The Kier molecular flexibility index (Phi) is 2.17. The van der Waals surface area contributed by atoms with Gasteiger partial charge in [-0.2, -0.15) is 0 Å². The highest BCUT2D eigenvalue weighted by molar-refractivity contribution is 7.80. The van der Waals surface area contributed by atoms with Crippen LogP contribution >= 0.6 is 12.2 Å². The molecule has 1 atom stereocenters. The fourth-order valence-electron chi connectivity index (χ4n) is 0.904. The van der Waals surface area contributed by atoms with Crippen molar-refractivity contribution in [3.05, 3.63) is 24.3 Å². The first-order valence-electron chi connectivity index (χ1n) is 3.23. The summed E-state index contributed by atoms with van der Waals surface area (Å²) in [6.07, 6.45) is 9.34. The molecule has 0 radical (unpaired) electrons. The Hall–Kier alpha value is -0.430. The highest BCUT2D eigenvalue weighted by Gasteiger charge is 2.06. The zero-order chi connectivity index (χ0) is 6.69. The third-order valence-corrected chi connectivity index (χ3v) is 1.96. The maximum atomic E-state index is 5.09. The van der Waals surface area contributed by atoms with Crippen LogP contribution in [0.2, 0.25) is 0 Å². The predicted octanol–water partition coefficient (Wildman–Crippen LogP) is 2.51. The average Bonchev–Trinajstić information content (AvgIpc) is 1.89. The van der Waals surface area contributed by atoms with E-state index in [1.54, 1.807) is 0 Å². The molecule has 0 N–H and O–H groups in total. The molecule has 0 bridgehead atoms. The minimum absolute atomic E-state index is 0.519. The van der Waals surface area contributed by atoms with Crippen molar-refractivity contribution in [1.29, 1.82) is 0 Å². The molecule has 0 aromatic carbocycles. The summed E-state index contributed by atoms with van der Waals surface area (Å²) >= 11 is 5.09. The molecule has 0 nitrogen and oxygen atoms in total. The first-order chi connectivity index (χ1) is 4.34. The van der Waals surface area contributed by atoms with Gasteiger partial charge in [-0.15, -0.1) is 0 Å². The molecule has 0 spiro atoms. The molecule has 0 heterocycles. The molecule has 0 aromatic rings. The smallest absolute Gasteiger partial charge is 0.0220 e. The summed E-state index contributed by atoms with van der Waals surface area (Å²) in [6, 6.07) is 0. The van der Waals surface area contributed by atoms with Crippen LogP contribution < -0.4 is 0 Å². The lowest BCUT2D eigenvalue weighted by atomic mass is 9.98. The van der Waals surface area contributed by atoms with E-state index in [-0.39, 0.29) is 0 Å². The number of rotatable bonds is 1. The normalized spacial score (nSPS) is 25.0. The van der Waals surface area contributed by atoms with Gasteiger partial charge in [-0.25, -0.2) is 0 Å². The Morgan fingerprint density at radius 3 is 2.78 bits per heavy atom. The molecule has 1 aliphatic rings. The second-order valence-corrected chi connectivity index (χ2v) is 2.63. The predicted molar refractivity (Wildman–Crippen MR) is 44.7 cm³/mol. The largest absolute Gasteiger partial charge is 0.0843 e. The van der Waals surface area contributed by atoms with Crippen molar-refractivity contribution in [2.24, 2.45) is 5.92 Å². The van der Waals surface area contributed by atoms with Crippen molar-refractivity contribution >= 4 is 17.1 Å². The van der Waals surface area contributed by atoms with Crippen molar-refractivity contribution in [2.45, 2.75) is 13.3 Å². The van der Waals surface area contributed by atoms with Gasteiger partial charge in [0.1, 0.15) is 0 Å². The van der Waals surface area contributed by atoms with Crippen LogP contribution in [0.1, 0.15) is 13.3 Å². The number of thiocarbonyl (C=S) groups is 1. The highest BCUT2D eigenvalue weighted by atomic mass is 32.1. The zero-order valence-corrected chi connectivity index (χ0v) is 6.32. The summed E-state index contributed by atoms with van der Waals surface area (Å²) in [5.41, 5.74) is 0. The minimum Gasteiger partial charge on any atom is -0.0843 e. The molecule has 1 unspecified atom stereocenters. The van der Waals surface area contributed by atoms with Gasteiger partial charge in [0.25, 0.3) is 0 Å². The lowest BCUT2D eigenvalue weighted by Gasteiger charge is -2.09. The molecule has 48 valence electrons. The molecule has 1 heteroatoms. The Bertz CT molecular complexity index is 165. The molecular weight excluding hydrogens is 128 g/mol. The molecule has 0 aliphatic heterocycles. The monoisotopic (exact) mass is 138 g/mol. The van der Waals surface area contributed by atoms with E-state index < -0.39 is 0 Å². The van der Waals surface area contributed by atoms with Gasteiger partial charge in [-0.05, 0) is 12.5 Å². The van der Waals surface area contributed by atoms with Gasteiger partial charge in [0, 0.05) is 10.8 Å². The summed E-state index contributed by atoms with van der Waals surface area (Å²) in [7, 11) is 0. The van der Waals surface area contributed by atoms with Gasteiger partial charge in [-0.3, -0.25) is 0 Å². The summed E-state index contributed by atoms with van der Waals surface area (Å²) in [5, 5.41) is 0. The first-order valence-corrected chi connectivity index (χ1v) is 3.64. The van der Waals surface area contributed by atoms with E-state index in [0.717, 1.165) is 11.3 Å². The summed E-state index contributed by atoms with van der Waals surface area (Å²) in [5.74, 6) is 0.519. The van der Waals surface area contributed by atoms with Gasteiger partial charge in [0.2, 0.25) is 0 Å². The van der Waals surface area contributed by atoms with Crippen molar-refractivity contribution in [3.63, 3.8) is 0 Å². The van der Waals surface area contributed by atoms with Crippen LogP contribution in [0.25, 0.3) is 0 Å². The van der Waals surface area contributed by atoms with Crippen LogP contribution in [0.3, 0.4) is 0 Å². The average molecular weight is 138 g/mol. The van der Waals surface area contributed by atoms with E-state index in [0.29, 0.717) is 5.92 Å². The molecule has 1 rings (SSSR count). The van der Waals surface area contributed by atoms with Crippen LogP contribution in [0, 0.1) is 5.92 Å². The second-order valence-electron chi connectivity index (χ2n) is 2.16. The van der Waals surface area contributed by atoms with E-state index in [1.807, 2.05) is 12.2 Å². The van der Waals surface area contributed by atoms with Crippen molar-refractivity contribution in [2.75, 3.05) is 0 Å². The van der Waals surface area contributed by atoms with E-state index in [9.17, 15) is 0 Å². The fourth-order valence-corrected chi connectivity index (χ4v) is 1.23. The maximum Gasteiger partial charge on any atom is 0.0220 e. The quantitative estimate of drug-likeness (QED) is 0.502. The summed E-state index contributed by atoms with van der Waals surface area (Å²) in [6.45, 7) is 2.15. The Morgan fingerprint density at radius 2 is 2.33 bits per heavy atom. The van der Waals surface area contributed by atoms with Crippen LogP contribution in [0.15, 0.2) is 24.3 Å². The number of hydrogen-bond donors (Lipinski definition) is 0. The second kappa shape index (κ2) is 2.92. The van der Waals surface area contributed by atoms with Gasteiger partial charge >= 0.3 is 0 Å². The SMILES string of the molecule is CCC1C=CC=CC1=S. The third-order valence-electron chi connectivity index (χ3n) is 1.52. The number of hydrogen-bond acceptors (Lipinski definition) is 1. The van der Waals surface area contributed by atoms with E-state index in [1.165, 1.54) is 0 Å². The molecule has 0 saturated heterocycles. The Balaban J connectivity index is 2.66. The van der Waals surface area contributed by atoms with Crippen LogP contribution in [0.4, 0.5) is 0 Å².